The van der Waals surface area contributed by atoms with E-state index < -0.39 is 34.1 Å². The van der Waals surface area contributed by atoms with Gasteiger partial charge < -0.3 is 15.4 Å². The maximum Gasteiger partial charge on any atom is 0.418 e. The lowest BCUT2D eigenvalue weighted by Gasteiger charge is -2.14. The normalized spacial score (nSPS) is 11.2. The molecule has 2 rings (SSSR count). The second-order valence-electron chi connectivity index (χ2n) is 4.42. The first-order chi connectivity index (χ1) is 11.1. The number of anilines is 1. The molecule has 1 aromatic heterocycles. The standard InChI is InChI=1S/C13H8BrF3N4O3/c1-2-11(22)18-10-5-7(3-4-8(10)13(15,16)17)20-6-9(14)12(19-20)21(23)24/h2-6H,1H2,(H,18,22). The Morgan fingerprint density at radius 1 is 1.46 bits per heavy atom. The van der Waals surface area contributed by atoms with E-state index in [2.05, 4.69) is 32.9 Å². The molecule has 0 spiro atoms. The van der Waals surface area contributed by atoms with Crippen LogP contribution in [0, 0.1) is 10.1 Å². The highest BCUT2D eigenvalue weighted by molar-refractivity contribution is 9.10. The number of hydrogen-bond donors (Lipinski definition) is 1. The van der Waals surface area contributed by atoms with E-state index in [4.69, 9.17) is 0 Å². The van der Waals surface area contributed by atoms with E-state index in [1.54, 1.807) is 0 Å². The Hall–Kier alpha value is -2.69. The van der Waals surface area contributed by atoms with Gasteiger partial charge in [-0.15, -0.1) is 4.68 Å². The van der Waals surface area contributed by atoms with E-state index >= 15 is 0 Å². The Labute approximate surface area is 141 Å². The van der Waals surface area contributed by atoms with Crippen molar-refractivity contribution in [2.45, 2.75) is 6.18 Å². The summed E-state index contributed by atoms with van der Waals surface area (Å²) in [6, 6.07) is 2.83. The summed E-state index contributed by atoms with van der Waals surface area (Å²) in [4.78, 5) is 21.4. The van der Waals surface area contributed by atoms with E-state index in [0.717, 1.165) is 29.0 Å². The molecule has 1 amide bonds. The molecule has 0 radical (unpaired) electrons. The number of amides is 1. The van der Waals surface area contributed by atoms with Crippen molar-refractivity contribution in [3.8, 4) is 5.69 Å². The Bertz CT molecular complexity index is 832. The molecule has 11 heteroatoms. The van der Waals surface area contributed by atoms with E-state index in [9.17, 15) is 28.1 Å². The van der Waals surface area contributed by atoms with E-state index in [-0.39, 0.29) is 10.2 Å². The van der Waals surface area contributed by atoms with Crippen LogP contribution in [0.3, 0.4) is 0 Å². The fourth-order valence-corrected chi connectivity index (χ4v) is 2.23. The zero-order chi connectivity index (χ0) is 18.1. The molecule has 0 atom stereocenters. The predicted molar refractivity (Wildman–Crippen MR) is 81.7 cm³/mol. The van der Waals surface area contributed by atoms with Crippen molar-refractivity contribution in [1.82, 2.24) is 9.78 Å². The number of carbonyl (C=O) groups is 1. The monoisotopic (exact) mass is 404 g/mol. The number of nitrogens with one attached hydrogen (secondary N) is 1. The molecule has 0 unspecified atom stereocenters. The van der Waals surface area contributed by atoms with E-state index in [0.29, 0.717) is 0 Å². The minimum atomic E-state index is -4.70. The van der Waals surface area contributed by atoms with Crippen molar-refractivity contribution in [2.75, 3.05) is 5.32 Å². The van der Waals surface area contributed by atoms with Gasteiger partial charge in [0.2, 0.25) is 5.91 Å². The molecule has 0 fully saturated rings. The number of hydrogen-bond acceptors (Lipinski definition) is 4. The van der Waals surface area contributed by atoms with Crippen LogP contribution >= 0.6 is 15.9 Å². The third-order valence-electron chi connectivity index (χ3n) is 2.84. The quantitative estimate of drug-likeness (QED) is 0.478. The number of halogens is 4. The van der Waals surface area contributed by atoms with Crippen LogP contribution in [0.25, 0.3) is 5.69 Å². The van der Waals surface area contributed by atoms with Crippen molar-refractivity contribution in [3.05, 3.63) is 57.2 Å². The van der Waals surface area contributed by atoms with Gasteiger partial charge in [-0.1, -0.05) is 6.58 Å². The lowest BCUT2D eigenvalue weighted by atomic mass is 10.1. The van der Waals surface area contributed by atoms with Gasteiger partial charge in [0, 0.05) is 0 Å². The van der Waals surface area contributed by atoms with Crippen LogP contribution in [0.15, 0.2) is 41.5 Å². The Balaban J connectivity index is 2.55. The van der Waals surface area contributed by atoms with Crippen molar-refractivity contribution in [1.29, 1.82) is 0 Å². The third-order valence-corrected chi connectivity index (χ3v) is 3.40. The number of aromatic nitrogens is 2. The highest BCUT2D eigenvalue weighted by Crippen LogP contribution is 2.36. The zero-order valence-corrected chi connectivity index (χ0v) is 13.3. The molecule has 0 aliphatic carbocycles. The molecule has 0 aliphatic rings. The van der Waals surface area contributed by atoms with Crippen LogP contribution in [0.2, 0.25) is 0 Å². The summed E-state index contributed by atoms with van der Waals surface area (Å²) in [5.41, 5.74) is -1.49. The number of rotatable bonds is 4. The summed E-state index contributed by atoms with van der Waals surface area (Å²) in [7, 11) is 0. The first-order valence-electron chi connectivity index (χ1n) is 6.18. The average molecular weight is 405 g/mol. The number of nitro groups is 1. The highest BCUT2D eigenvalue weighted by Gasteiger charge is 2.34. The molecule has 126 valence electrons. The Morgan fingerprint density at radius 2 is 2.12 bits per heavy atom. The molecule has 0 saturated heterocycles. The molecule has 1 N–H and O–H groups in total. The molecule has 0 aliphatic heterocycles. The lowest BCUT2D eigenvalue weighted by molar-refractivity contribution is -0.390. The Kier molecular flexibility index (Phi) is 4.73. The smallest absolute Gasteiger partial charge is 0.358 e. The fourth-order valence-electron chi connectivity index (χ4n) is 1.81. The second kappa shape index (κ2) is 6.43. The van der Waals surface area contributed by atoms with Crippen LogP contribution in [-0.4, -0.2) is 20.6 Å². The topological polar surface area (TPSA) is 90.1 Å². The molecule has 24 heavy (non-hydrogen) atoms. The van der Waals surface area contributed by atoms with Crippen LogP contribution in [-0.2, 0) is 11.0 Å². The van der Waals surface area contributed by atoms with Gasteiger partial charge in [0.1, 0.15) is 4.47 Å². The first-order valence-corrected chi connectivity index (χ1v) is 6.97. The molecule has 0 saturated carbocycles. The molecule has 1 heterocycles. The summed E-state index contributed by atoms with van der Waals surface area (Å²) in [5, 5.41) is 16.5. The number of alkyl halides is 3. The van der Waals surface area contributed by atoms with Crippen LogP contribution in [0.5, 0.6) is 0 Å². The number of benzene rings is 1. The molecule has 1 aromatic carbocycles. The van der Waals surface area contributed by atoms with Crippen molar-refractivity contribution in [2.24, 2.45) is 0 Å². The zero-order valence-electron chi connectivity index (χ0n) is 11.7. The second-order valence-corrected chi connectivity index (χ2v) is 5.28. The first kappa shape index (κ1) is 17.7. The van der Waals surface area contributed by atoms with Crippen molar-refractivity contribution in [3.63, 3.8) is 0 Å². The van der Waals surface area contributed by atoms with Gasteiger partial charge in [-0.2, -0.15) is 13.2 Å². The summed E-state index contributed by atoms with van der Waals surface area (Å²) >= 11 is 2.94. The molecule has 2 aromatic rings. The molecular formula is C13H8BrF3N4O3. The minimum Gasteiger partial charge on any atom is -0.358 e. The summed E-state index contributed by atoms with van der Waals surface area (Å²) in [6.07, 6.45) is -2.65. The van der Waals surface area contributed by atoms with Crippen molar-refractivity contribution < 1.29 is 22.9 Å². The maximum absolute atomic E-state index is 13.0. The van der Waals surface area contributed by atoms with E-state index in [1.807, 2.05) is 0 Å². The summed E-state index contributed by atoms with van der Waals surface area (Å²) < 4.78 is 40.1. The van der Waals surface area contributed by atoms with E-state index in [1.165, 1.54) is 6.20 Å². The average Bonchev–Trinajstić information content (AvgIpc) is 2.88. The minimum absolute atomic E-state index is 0.0593. The van der Waals surface area contributed by atoms with Gasteiger partial charge in [-0.05, 0) is 45.1 Å². The maximum atomic E-state index is 13.0. The highest BCUT2D eigenvalue weighted by atomic mass is 79.9. The lowest BCUT2D eigenvalue weighted by Crippen LogP contribution is -2.15. The SMILES string of the molecule is C=CC(=O)Nc1cc(-n2cc(Br)c([N+](=O)[O-])n2)ccc1C(F)(F)F. The van der Waals surface area contributed by atoms with Gasteiger partial charge in [0.15, 0.2) is 0 Å². The van der Waals surface area contributed by atoms with Gasteiger partial charge in [0.25, 0.3) is 0 Å². The van der Waals surface area contributed by atoms with Crippen LogP contribution in [0.1, 0.15) is 5.56 Å². The van der Waals surface area contributed by atoms with Gasteiger partial charge in [-0.3, -0.25) is 4.79 Å². The summed E-state index contributed by atoms with van der Waals surface area (Å²) in [5.74, 6) is -1.32. The van der Waals surface area contributed by atoms with Gasteiger partial charge in [0.05, 0.1) is 28.2 Å². The van der Waals surface area contributed by atoms with Crippen LogP contribution < -0.4 is 5.32 Å². The van der Waals surface area contributed by atoms with Gasteiger partial charge >= 0.3 is 12.0 Å². The Morgan fingerprint density at radius 3 is 2.62 bits per heavy atom. The third kappa shape index (κ3) is 3.62. The molecule has 0 bridgehead atoms. The predicted octanol–water partition coefficient (Wildman–Crippen LogP) is 3.69. The molecule has 7 nitrogen and oxygen atoms in total. The number of carbonyl (C=O) groups excluding carboxylic acids is 1. The number of nitrogens with zero attached hydrogens (tertiary/aromatic N) is 3. The van der Waals surface area contributed by atoms with Crippen LogP contribution in [0.4, 0.5) is 24.7 Å². The van der Waals surface area contributed by atoms with Gasteiger partial charge in [-0.25, -0.2) is 0 Å². The molecular weight excluding hydrogens is 397 g/mol. The summed E-state index contributed by atoms with van der Waals surface area (Å²) in [6.45, 7) is 3.17. The van der Waals surface area contributed by atoms with Crippen molar-refractivity contribution >= 4 is 33.3 Å². The largest absolute Gasteiger partial charge is 0.418 e. The fraction of sp³-hybridized carbons (Fsp3) is 0.0769.